The average Bonchev–Trinajstić information content (AvgIpc) is 2.38. The molecule has 0 heterocycles. The van der Waals surface area contributed by atoms with Gasteiger partial charge in [0.15, 0.2) is 0 Å². The zero-order chi connectivity index (χ0) is 13.4. The zero-order valence-electron chi connectivity index (χ0n) is 10.5. The fourth-order valence-corrected chi connectivity index (χ4v) is 1.34. The van der Waals surface area contributed by atoms with Gasteiger partial charge in [-0.3, -0.25) is 0 Å². The molecule has 0 saturated carbocycles. The summed E-state index contributed by atoms with van der Waals surface area (Å²) < 4.78 is 10.1. The van der Waals surface area contributed by atoms with E-state index in [0.717, 1.165) is 11.3 Å². The van der Waals surface area contributed by atoms with Crippen molar-refractivity contribution in [3.8, 4) is 11.8 Å². The molecule has 0 atom stereocenters. The van der Waals surface area contributed by atoms with Gasteiger partial charge in [-0.15, -0.1) is 0 Å². The van der Waals surface area contributed by atoms with Crippen LogP contribution in [0.3, 0.4) is 0 Å². The van der Waals surface area contributed by atoms with Crippen LogP contribution in [0.2, 0.25) is 0 Å². The second-order valence-electron chi connectivity index (χ2n) is 3.39. The van der Waals surface area contributed by atoms with Gasteiger partial charge >= 0.3 is 5.97 Å². The lowest BCUT2D eigenvalue weighted by atomic mass is 10.1. The van der Waals surface area contributed by atoms with Crippen molar-refractivity contribution in [3.05, 3.63) is 35.4 Å². The molecule has 0 amide bonds. The number of esters is 1. The highest BCUT2D eigenvalue weighted by molar-refractivity contribution is 5.97. The van der Waals surface area contributed by atoms with Crippen molar-refractivity contribution < 1.29 is 14.3 Å². The maximum Gasteiger partial charge on any atom is 0.348 e. The van der Waals surface area contributed by atoms with Crippen molar-refractivity contribution in [1.82, 2.24) is 0 Å². The highest BCUT2D eigenvalue weighted by atomic mass is 16.5. The lowest BCUT2D eigenvalue weighted by molar-refractivity contribution is -0.137. The molecular formula is C14H15NO3. The Balaban J connectivity index is 2.86. The van der Waals surface area contributed by atoms with Crippen molar-refractivity contribution in [2.75, 3.05) is 13.2 Å². The second kappa shape index (κ2) is 7.13. The topological polar surface area (TPSA) is 59.3 Å². The maximum atomic E-state index is 11.4. The molecule has 1 aromatic carbocycles. The van der Waals surface area contributed by atoms with Gasteiger partial charge in [0.2, 0.25) is 0 Å². The number of carbonyl (C=O) groups is 1. The molecule has 0 N–H and O–H groups in total. The molecule has 94 valence electrons. The van der Waals surface area contributed by atoms with E-state index in [9.17, 15) is 4.79 Å². The summed E-state index contributed by atoms with van der Waals surface area (Å²) in [5, 5.41) is 8.88. The van der Waals surface area contributed by atoms with Crippen molar-refractivity contribution in [2.24, 2.45) is 0 Å². The van der Waals surface area contributed by atoms with Crippen LogP contribution >= 0.6 is 0 Å². The summed E-state index contributed by atoms with van der Waals surface area (Å²) in [4.78, 5) is 11.4. The number of hydrogen-bond acceptors (Lipinski definition) is 4. The van der Waals surface area contributed by atoms with Crippen LogP contribution in [0.25, 0.3) is 6.08 Å². The summed E-state index contributed by atoms with van der Waals surface area (Å²) in [5.74, 6) is 0.151. The first kappa shape index (κ1) is 13.8. The van der Waals surface area contributed by atoms with Gasteiger partial charge in [-0.25, -0.2) is 4.79 Å². The van der Waals surface area contributed by atoms with Crippen LogP contribution in [0.4, 0.5) is 0 Å². The van der Waals surface area contributed by atoms with Crippen LogP contribution in [0, 0.1) is 11.3 Å². The molecule has 4 nitrogen and oxygen atoms in total. The molecule has 0 aliphatic rings. The highest BCUT2D eigenvalue weighted by Gasteiger charge is 2.09. The van der Waals surface area contributed by atoms with E-state index in [1.54, 1.807) is 31.2 Å². The van der Waals surface area contributed by atoms with Gasteiger partial charge in [-0.2, -0.15) is 5.26 Å². The molecule has 0 spiro atoms. The SMILES string of the molecule is CCOC(=O)/C(C#N)=C/c1ccc(OCC)cc1. The minimum atomic E-state index is -0.603. The zero-order valence-corrected chi connectivity index (χ0v) is 10.5. The smallest absolute Gasteiger partial charge is 0.348 e. The highest BCUT2D eigenvalue weighted by Crippen LogP contribution is 2.14. The van der Waals surface area contributed by atoms with E-state index in [0.29, 0.717) is 6.61 Å². The van der Waals surface area contributed by atoms with Gasteiger partial charge in [0.1, 0.15) is 17.4 Å². The molecule has 0 aliphatic carbocycles. The molecule has 1 rings (SSSR count). The predicted molar refractivity (Wildman–Crippen MR) is 67.8 cm³/mol. The van der Waals surface area contributed by atoms with E-state index < -0.39 is 5.97 Å². The van der Waals surface area contributed by atoms with E-state index in [-0.39, 0.29) is 12.2 Å². The molecule has 0 unspecified atom stereocenters. The first-order chi connectivity index (χ1) is 8.71. The van der Waals surface area contributed by atoms with Crippen molar-refractivity contribution in [1.29, 1.82) is 5.26 Å². The van der Waals surface area contributed by atoms with Gasteiger partial charge < -0.3 is 9.47 Å². The van der Waals surface area contributed by atoms with E-state index in [1.165, 1.54) is 6.08 Å². The molecule has 0 bridgehead atoms. The molecule has 0 fully saturated rings. The van der Waals surface area contributed by atoms with Crippen LogP contribution in [-0.4, -0.2) is 19.2 Å². The van der Waals surface area contributed by atoms with Crippen molar-refractivity contribution in [2.45, 2.75) is 13.8 Å². The lowest BCUT2D eigenvalue weighted by Gasteiger charge is -2.03. The summed E-state index contributed by atoms with van der Waals surface area (Å²) in [6.45, 7) is 4.45. The van der Waals surface area contributed by atoms with Gasteiger partial charge in [-0.05, 0) is 37.6 Å². The molecular weight excluding hydrogens is 230 g/mol. The Morgan fingerprint density at radius 1 is 1.28 bits per heavy atom. The Kier molecular flexibility index (Phi) is 5.46. The van der Waals surface area contributed by atoms with Crippen LogP contribution in [0.5, 0.6) is 5.75 Å². The number of benzene rings is 1. The van der Waals surface area contributed by atoms with Gasteiger partial charge in [0, 0.05) is 0 Å². The fraction of sp³-hybridized carbons (Fsp3) is 0.286. The summed E-state index contributed by atoms with van der Waals surface area (Å²) >= 11 is 0. The maximum absolute atomic E-state index is 11.4. The molecule has 0 radical (unpaired) electrons. The fourth-order valence-electron chi connectivity index (χ4n) is 1.34. The molecule has 4 heteroatoms. The summed E-state index contributed by atoms with van der Waals surface area (Å²) in [7, 11) is 0. The Morgan fingerprint density at radius 3 is 2.44 bits per heavy atom. The third kappa shape index (κ3) is 3.95. The van der Waals surface area contributed by atoms with Gasteiger partial charge in [0.05, 0.1) is 13.2 Å². The molecule has 18 heavy (non-hydrogen) atoms. The van der Waals surface area contributed by atoms with Gasteiger partial charge in [-0.1, -0.05) is 12.1 Å². The van der Waals surface area contributed by atoms with Crippen LogP contribution in [-0.2, 0) is 9.53 Å². The standard InChI is InChI=1S/C14H15NO3/c1-3-17-13-7-5-11(6-8-13)9-12(10-15)14(16)18-4-2/h5-9H,3-4H2,1-2H3/b12-9+. The average molecular weight is 245 g/mol. The third-order valence-electron chi connectivity index (χ3n) is 2.12. The number of hydrogen-bond donors (Lipinski definition) is 0. The number of ether oxygens (including phenoxy) is 2. The minimum Gasteiger partial charge on any atom is -0.494 e. The lowest BCUT2D eigenvalue weighted by Crippen LogP contribution is -2.05. The first-order valence-corrected chi connectivity index (χ1v) is 5.73. The number of nitriles is 1. The quantitative estimate of drug-likeness (QED) is 0.454. The summed E-state index contributed by atoms with van der Waals surface area (Å²) in [6, 6.07) is 8.96. The van der Waals surface area contributed by atoms with Crippen molar-refractivity contribution >= 4 is 12.0 Å². The molecule has 0 aliphatic heterocycles. The largest absolute Gasteiger partial charge is 0.494 e. The van der Waals surface area contributed by atoms with Crippen LogP contribution in [0.1, 0.15) is 19.4 Å². The van der Waals surface area contributed by atoms with Crippen molar-refractivity contribution in [3.63, 3.8) is 0 Å². The predicted octanol–water partition coefficient (Wildman–Crippen LogP) is 2.56. The van der Waals surface area contributed by atoms with Gasteiger partial charge in [0.25, 0.3) is 0 Å². The van der Waals surface area contributed by atoms with Crippen LogP contribution in [0.15, 0.2) is 29.8 Å². The Morgan fingerprint density at radius 2 is 1.94 bits per heavy atom. The Labute approximate surface area is 106 Å². The summed E-state index contributed by atoms with van der Waals surface area (Å²) in [6.07, 6.45) is 1.49. The first-order valence-electron chi connectivity index (χ1n) is 5.73. The van der Waals surface area contributed by atoms with Crippen LogP contribution < -0.4 is 4.74 Å². The Bertz CT molecular complexity index is 469. The molecule has 0 aromatic heterocycles. The number of rotatable bonds is 5. The van der Waals surface area contributed by atoms with E-state index in [2.05, 4.69) is 0 Å². The monoisotopic (exact) mass is 245 g/mol. The normalized spacial score (nSPS) is 10.6. The third-order valence-corrected chi connectivity index (χ3v) is 2.12. The number of carbonyl (C=O) groups excluding carboxylic acids is 1. The minimum absolute atomic E-state index is 0.0130. The second-order valence-corrected chi connectivity index (χ2v) is 3.39. The molecule has 0 saturated heterocycles. The van der Waals surface area contributed by atoms with E-state index >= 15 is 0 Å². The van der Waals surface area contributed by atoms with E-state index in [4.69, 9.17) is 14.7 Å². The molecule has 1 aromatic rings. The number of nitrogens with zero attached hydrogens (tertiary/aromatic N) is 1. The Hall–Kier alpha value is -2.28. The van der Waals surface area contributed by atoms with E-state index in [1.807, 2.05) is 13.0 Å². The summed E-state index contributed by atoms with van der Waals surface area (Å²) in [5.41, 5.74) is 0.740.